The van der Waals surface area contributed by atoms with Crippen LogP contribution in [0.5, 0.6) is 5.75 Å². The van der Waals surface area contributed by atoms with E-state index >= 15 is 0 Å². The summed E-state index contributed by atoms with van der Waals surface area (Å²) in [6.07, 6.45) is -1.72. The molecular formula is C8H8BrF2NO2. The van der Waals surface area contributed by atoms with Gasteiger partial charge >= 0.3 is 0 Å². The third-order valence-electron chi connectivity index (χ3n) is 1.79. The van der Waals surface area contributed by atoms with Gasteiger partial charge in [0, 0.05) is 22.7 Å². The van der Waals surface area contributed by atoms with E-state index in [2.05, 4.69) is 20.9 Å². The Bertz CT molecular complexity index is 333. The van der Waals surface area contributed by atoms with Gasteiger partial charge in [0.1, 0.15) is 11.4 Å². The minimum atomic E-state index is -2.69. The molecule has 1 aromatic rings. The molecule has 0 amide bonds. The molecular weight excluding hydrogens is 260 g/mol. The highest BCUT2D eigenvalue weighted by atomic mass is 79.9. The molecule has 0 aliphatic heterocycles. The van der Waals surface area contributed by atoms with E-state index in [4.69, 9.17) is 5.11 Å². The van der Waals surface area contributed by atoms with Crippen molar-refractivity contribution in [2.75, 3.05) is 0 Å². The van der Waals surface area contributed by atoms with Crippen molar-refractivity contribution in [1.29, 1.82) is 0 Å². The number of nitrogens with zero attached hydrogens (tertiary/aromatic N) is 1. The molecule has 0 atom stereocenters. The molecule has 3 nitrogen and oxygen atoms in total. The SMILES string of the molecule is OCc1ncc(C(F)F)c(CBr)c1O. The molecule has 1 rings (SSSR count). The number of halogens is 3. The zero-order chi connectivity index (χ0) is 10.7. The summed E-state index contributed by atoms with van der Waals surface area (Å²) in [5.41, 5.74) is -0.250. The third kappa shape index (κ3) is 2.01. The molecule has 0 aliphatic rings. The first kappa shape index (κ1) is 11.3. The maximum absolute atomic E-state index is 12.4. The lowest BCUT2D eigenvalue weighted by Crippen LogP contribution is -1.99. The van der Waals surface area contributed by atoms with Crippen LogP contribution in [0.25, 0.3) is 0 Å². The van der Waals surface area contributed by atoms with Crippen LogP contribution in [0.4, 0.5) is 8.78 Å². The van der Waals surface area contributed by atoms with Gasteiger partial charge in [-0.15, -0.1) is 0 Å². The predicted molar refractivity (Wildman–Crippen MR) is 49.4 cm³/mol. The number of aliphatic hydroxyl groups is 1. The summed E-state index contributed by atoms with van der Waals surface area (Å²) in [7, 11) is 0. The summed E-state index contributed by atoms with van der Waals surface area (Å²) in [6, 6.07) is 0. The van der Waals surface area contributed by atoms with E-state index in [0.717, 1.165) is 6.20 Å². The predicted octanol–water partition coefficient (Wildman–Crippen LogP) is 2.11. The highest BCUT2D eigenvalue weighted by Crippen LogP contribution is 2.32. The second-order valence-corrected chi connectivity index (χ2v) is 3.14. The van der Waals surface area contributed by atoms with Crippen molar-refractivity contribution in [3.8, 4) is 5.75 Å². The number of rotatable bonds is 3. The first-order valence-corrected chi connectivity index (χ1v) is 4.88. The van der Waals surface area contributed by atoms with Crippen LogP contribution < -0.4 is 0 Å². The van der Waals surface area contributed by atoms with E-state index in [1.54, 1.807) is 0 Å². The molecule has 2 N–H and O–H groups in total. The standard InChI is InChI=1S/C8H8BrF2NO2/c9-1-4-5(8(10)11)2-12-6(3-13)7(4)14/h2,8,13-14H,1,3H2. The van der Waals surface area contributed by atoms with Gasteiger partial charge in [0.15, 0.2) is 0 Å². The Morgan fingerprint density at radius 1 is 1.50 bits per heavy atom. The average molecular weight is 268 g/mol. The highest BCUT2D eigenvalue weighted by Gasteiger charge is 2.18. The Morgan fingerprint density at radius 2 is 2.14 bits per heavy atom. The van der Waals surface area contributed by atoms with E-state index in [-0.39, 0.29) is 27.9 Å². The lowest BCUT2D eigenvalue weighted by molar-refractivity contribution is 0.149. The first-order valence-electron chi connectivity index (χ1n) is 3.76. The summed E-state index contributed by atoms with van der Waals surface area (Å²) in [6.45, 7) is -0.477. The average Bonchev–Trinajstić information content (AvgIpc) is 2.17. The molecule has 0 fully saturated rings. The minimum absolute atomic E-state index is 0.00356. The largest absolute Gasteiger partial charge is 0.506 e. The molecule has 0 saturated carbocycles. The minimum Gasteiger partial charge on any atom is -0.506 e. The molecule has 0 unspecified atom stereocenters. The van der Waals surface area contributed by atoms with E-state index in [1.807, 2.05) is 0 Å². The molecule has 1 heterocycles. The molecule has 0 saturated heterocycles. The lowest BCUT2D eigenvalue weighted by Gasteiger charge is -2.10. The Morgan fingerprint density at radius 3 is 2.57 bits per heavy atom. The van der Waals surface area contributed by atoms with Crippen LogP contribution in [-0.2, 0) is 11.9 Å². The number of aromatic nitrogens is 1. The second-order valence-electron chi connectivity index (χ2n) is 2.58. The van der Waals surface area contributed by atoms with Gasteiger partial charge in [0.2, 0.25) is 0 Å². The topological polar surface area (TPSA) is 53.4 Å². The Labute approximate surface area is 87.5 Å². The first-order chi connectivity index (χ1) is 6.61. The molecule has 0 aromatic carbocycles. The van der Waals surface area contributed by atoms with Gasteiger partial charge in [-0.25, -0.2) is 8.78 Å². The van der Waals surface area contributed by atoms with Crippen LogP contribution >= 0.6 is 15.9 Å². The molecule has 0 spiro atoms. The van der Waals surface area contributed by atoms with E-state index < -0.39 is 13.0 Å². The van der Waals surface area contributed by atoms with Crippen LogP contribution in [0.15, 0.2) is 6.20 Å². The van der Waals surface area contributed by atoms with Crippen LogP contribution in [0.2, 0.25) is 0 Å². The van der Waals surface area contributed by atoms with E-state index in [1.165, 1.54) is 0 Å². The van der Waals surface area contributed by atoms with Crippen molar-refractivity contribution in [3.63, 3.8) is 0 Å². The summed E-state index contributed by atoms with van der Waals surface area (Å²) in [5.74, 6) is -0.373. The molecule has 14 heavy (non-hydrogen) atoms. The normalized spacial score (nSPS) is 10.9. The summed E-state index contributed by atoms with van der Waals surface area (Å²) < 4.78 is 24.8. The lowest BCUT2D eigenvalue weighted by atomic mass is 10.1. The number of aromatic hydroxyl groups is 1. The van der Waals surface area contributed by atoms with Gasteiger partial charge in [0.05, 0.1) is 6.61 Å². The quantitative estimate of drug-likeness (QED) is 0.825. The van der Waals surface area contributed by atoms with E-state index in [9.17, 15) is 13.9 Å². The molecule has 1 aromatic heterocycles. The summed E-state index contributed by atoms with van der Waals surface area (Å²) in [5, 5.41) is 18.3. The maximum atomic E-state index is 12.4. The van der Waals surface area contributed by atoms with Crippen molar-refractivity contribution in [2.24, 2.45) is 0 Å². The summed E-state index contributed by atoms with van der Waals surface area (Å²) >= 11 is 2.99. The van der Waals surface area contributed by atoms with Crippen LogP contribution in [0, 0.1) is 0 Å². The fourth-order valence-corrected chi connectivity index (χ4v) is 1.63. The second kappa shape index (κ2) is 4.65. The number of alkyl halides is 3. The fourth-order valence-electron chi connectivity index (χ4n) is 1.04. The van der Waals surface area contributed by atoms with E-state index in [0.29, 0.717) is 0 Å². The summed E-state index contributed by atoms with van der Waals surface area (Å²) in [4.78, 5) is 3.53. The number of pyridine rings is 1. The maximum Gasteiger partial charge on any atom is 0.265 e. The van der Waals surface area contributed by atoms with Crippen molar-refractivity contribution >= 4 is 15.9 Å². The smallest absolute Gasteiger partial charge is 0.265 e. The molecule has 0 bridgehead atoms. The molecule has 0 aliphatic carbocycles. The van der Waals surface area contributed by atoms with Crippen LogP contribution in [0.1, 0.15) is 23.2 Å². The van der Waals surface area contributed by atoms with Crippen molar-refractivity contribution in [3.05, 3.63) is 23.0 Å². The van der Waals surface area contributed by atoms with Gasteiger partial charge in [-0.1, -0.05) is 15.9 Å². The number of hydrogen-bond acceptors (Lipinski definition) is 3. The fraction of sp³-hybridized carbons (Fsp3) is 0.375. The number of aliphatic hydroxyl groups excluding tert-OH is 1. The molecule has 6 heteroatoms. The van der Waals surface area contributed by atoms with Crippen molar-refractivity contribution in [2.45, 2.75) is 18.4 Å². The molecule has 78 valence electrons. The number of hydrogen-bond donors (Lipinski definition) is 2. The molecule has 0 radical (unpaired) electrons. The van der Waals surface area contributed by atoms with Crippen molar-refractivity contribution < 1.29 is 19.0 Å². The van der Waals surface area contributed by atoms with Gasteiger partial charge in [-0.05, 0) is 0 Å². The van der Waals surface area contributed by atoms with Gasteiger partial charge in [-0.3, -0.25) is 4.98 Å². The Hall–Kier alpha value is -0.750. The van der Waals surface area contributed by atoms with Crippen LogP contribution in [-0.4, -0.2) is 15.2 Å². The van der Waals surface area contributed by atoms with Gasteiger partial charge < -0.3 is 10.2 Å². The van der Waals surface area contributed by atoms with Crippen molar-refractivity contribution in [1.82, 2.24) is 4.98 Å². The Kier molecular flexibility index (Phi) is 3.77. The van der Waals surface area contributed by atoms with Crippen LogP contribution in [0.3, 0.4) is 0 Å². The zero-order valence-electron chi connectivity index (χ0n) is 7.04. The third-order valence-corrected chi connectivity index (χ3v) is 2.35. The highest BCUT2D eigenvalue weighted by molar-refractivity contribution is 9.08. The monoisotopic (exact) mass is 267 g/mol. The Balaban J connectivity index is 3.28. The zero-order valence-corrected chi connectivity index (χ0v) is 8.63. The van der Waals surface area contributed by atoms with Gasteiger partial charge in [-0.2, -0.15) is 0 Å². The van der Waals surface area contributed by atoms with Gasteiger partial charge in [0.25, 0.3) is 6.43 Å².